The van der Waals surface area contributed by atoms with Crippen LogP contribution in [0.5, 0.6) is 0 Å². The van der Waals surface area contributed by atoms with Gasteiger partial charge >= 0.3 is 5.97 Å². The number of hydrogen-bond acceptors (Lipinski definition) is 6. The highest BCUT2D eigenvalue weighted by Crippen LogP contribution is 2.46. The maximum atomic E-state index is 14.2. The Bertz CT molecular complexity index is 1290. The highest BCUT2D eigenvalue weighted by Gasteiger charge is 2.58. The Kier molecular flexibility index (Phi) is 6.78. The molecule has 0 radical (unpaired) electrons. The molecule has 8 heteroatoms. The van der Waals surface area contributed by atoms with Crippen molar-refractivity contribution in [1.82, 2.24) is 0 Å². The molecule has 1 aliphatic heterocycles. The Morgan fingerprint density at radius 2 is 1.69 bits per heavy atom. The van der Waals surface area contributed by atoms with E-state index < -0.39 is 29.3 Å². The zero-order valence-corrected chi connectivity index (χ0v) is 21.1. The van der Waals surface area contributed by atoms with Crippen molar-refractivity contribution in [3.05, 3.63) is 94.0 Å². The summed E-state index contributed by atoms with van der Waals surface area (Å²) in [5, 5.41) is 14.8. The molecule has 1 amide bonds. The molecule has 0 fully saturated rings. The van der Waals surface area contributed by atoms with Gasteiger partial charge in [-0.25, -0.2) is 4.79 Å². The summed E-state index contributed by atoms with van der Waals surface area (Å²) in [6, 6.07) is 19.9. The predicted molar refractivity (Wildman–Crippen MR) is 137 cm³/mol. The van der Waals surface area contributed by atoms with Crippen LogP contribution in [0.25, 0.3) is 0 Å². The number of aliphatic hydroxyl groups excluding tert-OH is 1. The fourth-order valence-electron chi connectivity index (χ4n) is 4.47. The number of amides is 1. The smallest absolute Gasteiger partial charge is 0.340 e. The molecule has 0 aliphatic carbocycles. The van der Waals surface area contributed by atoms with Crippen LogP contribution in [-0.4, -0.2) is 42.0 Å². The molecule has 7 nitrogen and oxygen atoms in total. The van der Waals surface area contributed by atoms with E-state index in [4.69, 9.17) is 4.74 Å². The zero-order chi connectivity index (χ0) is 25.3. The summed E-state index contributed by atoms with van der Waals surface area (Å²) in [4.78, 5) is 41.8. The van der Waals surface area contributed by atoms with Gasteiger partial charge in [0.1, 0.15) is 0 Å². The second kappa shape index (κ2) is 9.64. The number of aliphatic hydroxyl groups is 1. The Labute approximate surface area is 211 Å². The lowest BCUT2D eigenvalue weighted by Gasteiger charge is -2.35. The van der Waals surface area contributed by atoms with Crippen LogP contribution in [-0.2, 0) is 15.1 Å². The number of rotatable bonds is 7. The third-order valence-electron chi connectivity index (χ3n) is 6.10. The standard InChI is InChI=1S/C27H25BrN2O5/c1-16(2)30-22-12-8-7-11-20(22)27(26(30)34,24(32)23(31)17-9-5-4-6-10-17)29-21-14-13-18(28)15-19(21)25(33)35-3/h4-16,24,29,32H,1-3H3/t24-,27+/m1/s1. The molecule has 0 saturated heterocycles. The van der Waals surface area contributed by atoms with Crippen molar-refractivity contribution in [3.63, 3.8) is 0 Å². The van der Waals surface area contributed by atoms with Gasteiger partial charge in [0.2, 0.25) is 0 Å². The second-order valence-electron chi connectivity index (χ2n) is 8.53. The van der Waals surface area contributed by atoms with E-state index >= 15 is 0 Å². The van der Waals surface area contributed by atoms with Crippen LogP contribution in [0, 0.1) is 0 Å². The number of anilines is 2. The van der Waals surface area contributed by atoms with E-state index in [2.05, 4.69) is 21.2 Å². The lowest BCUT2D eigenvalue weighted by Crippen LogP contribution is -2.57. The topological polar surface area (TPSA) is 95.9 Å². The van der Waals surface area contributed by atoms with E-state index in [0.29, 0.717) is 15.7 Å². The first kappa shape index (κ1) is 24.6. The number of carbonyl (C=O) groups excluding carboxylic acids is 3. The Morgan fingerprint density at radius 1 is 1.03 bits per heavy atom. The van der Waals surface area contributed by atoms with Gasteiger partial charge in [-0.1, -0.05) is 64.5 Å². The molecular weight excluding hydrogens is 512 g/mol. The van der Waals surface area contributed by atoms with E-state index in [1.165, 1.54) is 7.11 Å². The van der Waals surface area contributed by atoms with Gasteiger partial charge in [0.25, 0.3) is 5.91 Å². The molecule has 3 aromatic rings. The van der Waals surface area contributed by atoms with Crippen LogP contribution >= 0.6 is 15.9 Å². The van der Waals surface area contributed by atoms with Crippen LogP contribution in [0.15, 0.2) is 77.3 Å². The molecule has 180 valence electrons. The van der Waals surface area contributed by atoms with Gasteiger partial charge < -0.3 is 20.1 Å². The van der Waals surface area contributed by atoms with Crippen LogP contribution in [0.3, 0.4) is 0 Å². The number of Topliss-reactive ketones (excluding diaryl/α,β-unsaturated/α-hetero) is 1. The van der Waals surface area contributed by atoms with E-state index in [9.17, 15) is 19.5 Å². The number of nitrogens with one attached hydrogen (secondary N) is 1. The molecule has 35 heavy (non-hydrogen) atoms. The largest absolute Gasteiger partial charge is 0.465 e. The lowest BCUT2D eigenvalue weighted by atomic mass is 9.81. The van der Waals surface area contributed by atoms with Crippen molar-refractivity contribution in [3.8, 4) is 0 Å². The Balaban J connectivity index is 1.96. The number of ether oxygens (including phenoxy) is 1. The van der Waals surface area contributed by atoms with E-state index in [1.807, 2.05) is 13.8 Å². The molecular formula is C27H25BrN2O5. The van der Waals surface area contributed by atoms with Crippen molar-refractivity contribution in [2.24, 2.45) is 0 Å². The van der Waals surface area contributed by atoms with Crippen molar-refractivity contribution < 1.29 is 24.2 Å². The van der Waals surface area contributed by atoms with Gasteiger partial charge in [-0.15, -0.1) is 0 Å². The first-order chi connectivity index (χ1) is 16.7. The number of hydrogen-bond donors (Lipinski definition) is 2. The van der Waals surface area contributed by atoms with Crippen LogP contribution in [0.4, 0.5) is 11.4 Å². The van der Waals surface area contributed by atoms with Crippen molar-refractivity contribution in [2.75, 3.05) is 17.3 Å². The first-order valence-corrected chi connectivity index (χ1v) is 11.9. The highest BCUT2D eigenvalue weighted by molar-refractivity contribution is 9.10. The number of ketones is 1. The monoisotopic (exact) mass is 536 g/mol. The number of benzene rings is 3. The normalized spacial score (nSPS) is 17.8. The lowest BCUT2D eigenvalue weighted by molar-refractivity contribution is -0.125. The number of methoxy groups -OCH3 is 1. The van der Waals surface area contributed by atoms with Gasteiger partial charge in [-0.2, -0.15) is 0 Å². The van der Waals surface area contributed by atoms with Gasteiger partial charge in [0.05, 0.1) is 18.4 Å². The number of para-hydroxylation sites is 1. The third-order valence-corrected chi connectivity index (χ3v) is 6.59. The zero-order valence-electron chi connectivity index (χ0n) is 19.5. The SMILES string of the molecule is COC(=O)c1cc(Br)ccc1N[C@@]1([C@H](O)C(=O)c2ccccc2)C(=O)N(C(C)C)c2ccccc21. The van der Waals surface area contributed by atoms with Gasteiger partial charge in [-0.05, 0) is 38.1 Å². The fourth-order valence-corrected chi connectivity index (χ4v) is 4.83. The molecule has 0 bridgehead atoms. The minimum Gasteiger partial charge on any atom is -0.465 e. The summed E-state index contributed by atoms with van der Waals surface area (Å²) in [5.74, 6) is -1.75. The molecule has 4 rings (SSSR count). The minimum atomic E-state index is -1.88. The summed E-state index contributed by atoms with van der Waals surface area (Å²) in [7, 11) is 1.26. The third kappa shape index (κ3) is 4.13. The Hall–Kier alpha value is -3.49. The molecule has 0 unspecified atom stereocenters. The van der Waals surface area contributed by atoms with Gasteiger partial charge in [-0.3, -0.25) is 9.59 Å². The summed E-state index contributed by atoms with van der Waals surface area (Å²) >= 11 is 3.35. The summed E-state index contributed by atoms with van der Waals surface area (Å²) in [6.07, 6.45) is -1.79. The van der Waals surface area contributed by atoms with Gasteiger partial charge in [0, 0.05) is 27.3 Å². The van der Waals surface area contributed by atoms with Crippen molar-refractivity contribution in [2.45, 2.75) is 31.5 Å². The number of esters is 1. The number of carbonyl (C=O) groups is 3. The average Bonchev–Trinajstić information content (AvgIpc) is 3.12. The van der Waals surface area contributed by atoms with Crippen molar-refractivity contribution >= 4 is 45.0 Å². The average molecular weight is 537 g/mol. The molecule has 1 aliphatic rings. The number of nitrogens with zero attached hydrogens (tertiary/aromatic N) is 1. The second-order valence-corrected chi connectivity index (χ2v) is 9.45. The van der Waals surface area contributed by atoms with E-state index in [-0.39, 0.29) is 22.9 Å². The fraction of sp³-hybridized carbons (Fsp3) is 0.222. The minimum absolute atomic E-state index is 0.147. The molecule has 3 aromatic carbocycles. The van der Waals surface area contributed by atoms with E-state index in [1.54, 1.807) is 77.7 Å². The van der Waals surface area contributed by atoms with Crippen molar-refractivity contribution in [1.29, 1.82) is 0 Å². The summed E-state index contributed by atoms with van der Waals surface area (Å²) < 4.78 is 5.56. The van der Waals surface area contributed by atoms with Crippen LogP contribution in [0.2, 0.25) is 0 Å². The van der Waals surface area contributed by atoms with Crippen LogP contribution < -0.4 is 10.2 Å². The number of fused-ring (bicyclic) bond motifs is 1. The maximum absolute atomic E-state index is 14.2. The number of halogens is 1. The molecule has 0 aromatic heterocycles. The highest BCUT2D eigenvalue weighted by atomic mass is 79.9. The molecule has 2 atom stereocenters. The quantitative estimate of drug-likeness (QED) is 0.340. The molecule has 1 heterocycles. The Morgan fingerprint density at radius 3 is 2.34 bits per heavy atom. The van der Waals surface area contributed by atoms with Gasteiger partial charge in [0.15, 0.2) is 17.4 Å². The first-order valence-electron chi connectivity index (χ1n) is 11.1. The van der Waals surface area contributed by atoms with E-state index in [0.717, 1.165) is 0 Å². The summed E-state index contributed by atoms with van der Waals surface area (Å²) in [6.45, 7) is 3.71. The predicted octanol–water partition coefficient (Wildman–Crippen LogP) is 4.54. The molecule has 0 spiro atoms. The maximum Gasteiger partial charge on any atom is 0.340 e. The molecule has 2 N–H and O–H groups in total. The van der Waals surface area contributed by atoms with Crippen LogP contribution in [0.1, 0.15) is 40.1 Å². The molecule has 0 saturated carbocycles. The summed E-state index contributed by atoms with van der Waals surface area (Å²) in [5.41, 5.74) is -0.211.